The first-order valence-electron chi connectivity index (χ1n) is 7.79. The van der Waals surface area contributed by atoms with Crippen LogP contribution >= 0.6 is 22.9 Å². The van der Waals surface area contributed by atoms with Crippen LogP contribution < -0.4 is 10.1 Å². The van der Waals surface area contributed by atoms with Gasteiger partial charge in [-0.3, -0.25) is 10.1 Å². The number of ether oxygens (including phenoxy) is 1. The topological polar surface area (TPSA) is 85.4 Å². The largest absolute Gasteiger partial charge is 0.494 e. The van der Waals surface area contributed by atoms with Crippen molar-refractivity contribution in [1.29, 1.82) is 0 Å². The van der Waals surface area contributed by atoms with Crippen LogP contribution in [0.5, 0.6) is 5.75 Å². The minimum Gasteiger partial charge on any atom is -0.494 e. The molecule has 0 unspecified atom stereocenters. The molecular formula is C18H14ClFN2O4S2. The van der Waals surface area contributed by atoms with E-state index in [-0.39, 0.29) is 26.4 Å². The number of nitrogens with zero attached hydrogens (tertiary/aromatic N) is 1. The first-order valence-corrected chi connectivity index (χ1v) is 10.9. The van der Waals surface area contributed by atoms with E-state index in [1.165, 1.54) is 37.4 Å². The molecule has 0 aliphatic heterocycles. The molecule has 0 fully saturated rings. The second-order valence-corrected chi connectivity index (χ2v) is 9.01. The summed E-state index contributed by atoms with van der Waals surface area (Å²) in [7, 11) is -2.20. The van der Waals surface area contributed by atoms with E-state index in [0.717, 1.165) is 17.6 Å². The minimum absolute atomic E-state index is 0.0390. The Hall–Kier alpha value is -2.49. The van der Waals surface area contributed by atoms with E-state index in [1.807, 2.05) is 0 Å². The number of thiazole rings is 1. The van der Waals surface area contributed by atoms with E-state index in [0.29, 0.717) is 11.3 Å². The van der Waals surface area contributed by atoms with Crippen LogP contribution in [0.1, 0.15) is 10.4 Å². The van der Waals surface area contributed by atoms with E-state index >= 15 is 0 Å². The third-order valence-electron chi connectivity index (χ3n) is 3.77. The summed E-state index contributed by atoms with van der Waals surface area (Å²) in [5.74, 6) is -0.937. The second-order valence-electron chi connectivity index (χ2n) is 5.76. The summed E-state index contributed by atoms with van der Waals surface area (Å²) in [6.45, 7) is 0. The van der Waals surface area contributed by atoms with Gasteiger partial charge in [0.15, 0.2) is 26.5 Å². The van der Waals surface area contributed by atoms with Gasteiger partial charge in [0.25, 0.3) is 5.91 Å². The summed E-state index contributed by atoms with van der Waals surface area (Å²) >= 11 is 7.05. The van der Waals surface area contributed by atoms with E-state index in [1.54, 1.807) is 11.4 Å². The number of methoxy groups -OCH3 is 1. The zero-order valence-electron chi connectivity index (χ0n) is 14.7. The Kier molecular flexibility index (Phi) is 5.69. The number of carbonyl (C=O) groups excluding carboxylic acids is 1. The van der Waals surface area contributed by atoms with Gasteiger partial charge in [-0.1, -0.05) is 11.6 Å². The fourth-order valence-electron chi connectivity index (χ4n) is 2.39. The van der Waals surface area contributed by atoms with Crippen molar-refractivity contribution in [3.05, 3.63) is 58.2 Å². The molecular weight excluding hydrogens is 427 g/mol. The monoisotopic (exact) mass is 440 g/mol. The summed E-state index contributed by atoms with van der Waals surface area (Å²) in [4.78, 5) is 16.6. The molecule has 2 aromatic carbocycles. The summed E-state index contributed by atoms with van der Waals surface area (Å²) < 4.78 is 42.3. The Morgan fingerprint density at radius 3 is 2.64 bits per heavy atom. The van der Waals surface area contributed by atoms with E-state index in [9.17, 15) is 17.6 Å². The molecule has 0 aliphatic rings. The first kappa shape index (κ1) is 20.2. The van der Waals surface area contributed by atoms with Gasteiger partial charge in [-0.05, 0) is 36.4 Å². The number of nitrogens with one attached hydrogen (secondary N) is 1. The van der Waals surface area contributed by atoms with Crippen molar-refractivity contribution in [1.82, 2.24) is 4.98 Å². The Bertz CT molecular complexity index is 1160. The number of sulfone groups is 1. The zero-order chi connectivity index (χ0) is 20.5. The maximum Gasteiger partial charge on any atom is 0.257 e. The SMILES string of the molecule is COc1ccc(-c2csc(NC(=O)c3ccc(Cl)c(S(C)(=O)=O)c3)n2)cc1F. The molecule has 1 N–H and O–H groups in total. The van der Waals surface area contributed by atoms with Gasteiger partial charge in [-0.15, -0.1) is 11.3 Å². The number of rotatable bonds is 5. The van der Waals surface area contributed by atoms with Crippen LogP contribution in [0.4, 0.5) is 9.52 Å². The highest BCUT2D eigenvalue weighted by Crippen LogP contribution is 2.29. The van der Waals surface area contributed by atoms with Gasteiger partial charge in [0.05, 0.1) is 22.7 Å². The molecule has 0 bridgehead atoms. The van der Waals surface area contributed by atoms with Crippen molar-refractivity contribution in [2.75, 3.05) is 18.7 Å². The van der Waals surface area contributed by atoms with Gasteiger partial charge >= 0.3 is 0 Å². The number of hydrogen-bond acceptors (Lipinski definition) is 6. The van der Waals surface area contributed by atoms with Crippen molar-refractivity contribution < 1.29 is 22.3 Å². The zero-order valence-corrected chi connectivity index (χ0v) is 17.1. The van der Waals surface area contributed by atoms with Crippen LogP contribution in [0.15, 0.2) is 46.7 Å². The van der Waals surface area contributed by atoms with Crippen LogP contribution in [0.3, 0.4) is 0 Å². The first-order chi connectivity index (χ1) is 13.2. The standard InChI is InChI=1S/C18H14ClFN2O4S2/c1-26-15-6-4-10(7-13(15)20)14-9-27-18(21-14)22-17(23)11-3-5-12(19)16(8-11)28(2,24)25/h3-9H,1-2H3,(H,21,22,23). The van der Waals surface area contributed by atoms with Crippen molar-refractivity contribution in [2.45, 2.75) is 4.90 Å². The fourth-order valence-corrected chi connectivity index (χ4v) is 4.40. The van der Waals surface area contributed by atoms with Crippen LogP contribution in [0, 0.1) is 5.82 Å². The third-order valence-corrected chi connectivity index (χ3v) is 6.10. The molecule has 3 rings (SSSR count). The van der Waals surface area contributed by atoms with Crippen LogP contribution in [-0.4, -0.2) is 32.7 Å². The summed E-state index contributed by atoms with van der Waals surface area (Å²) in [6.07, 6.45) is 1.01. The summed E-state index contributed by atoms with van der Waals surface area (Å²) in [6, 6.07) is 8.40. The fraction of sp³-hybridized carbons (Fsp3) is 0.111. The number of anilines is 1. The maximum absolute atomic E-state index is 13.9. The van der Waals surface area contributed by atoms with E-state index in [4.69, 9.17) is 16.3 Å². The summed E-state index contributed by atoms with van der Waals surface area (Å²) in [5.41, 5.74) is 1.13. The number of aromatic nitrogens is 1. The highest BCUT2D eigenvalue weighted by atomic mass is 35.5. The molecule has 0 saturated heterocycles. The van der Waals surface area contributed by atoms with E-state index < -0.39 is 21.6 Å². The van der Waals surface area contributed by atoms with Crippen molar-refractivity contribution in [3.63, 3.8) is 0 Å². The Morgan fingerprint density at radius 1 is 1.25 bits per heavy atom. The molecule has 10 heteroatoms. The highest BCUT2D eigenvalue weighted by molar-refractivity contribution is 7.90. The molecule has 0 aliphatic carbocycles. The van der Waals surface area contributed by atoms with Crippen LogP contribution in [-0.2, 0) is 9.84 Å². The van der Waals surface area contributed by atoms with Crippen LogP contribution in [0.25, 0.3) is 11.3 Å². The molecule has 0 radical (unpaired) electrons. The minimum atomic E-state index is -3.57. The molecule has 0 atom stereocenters. The predicted octanol–water partition coefficient (Wildman–Crippen LogP) is 4.27. The molecule has 1 amide bonds. The van der Waals surface area contributed by atoms with Gasteiger partial charge in [-0.25, -0.2) is 17.8 Å². The van der Waals surface area contributed by atoms with Crippen molar-refractivity contribution in [2.24, 2.45) is 0 Å². The van der Waals surface area contributed by atoms with Crippen molar-refractivity contribution in [3.8, 4) is 17.0 Å². The molecule has 0 spiro atoms. The average molecular weight is 441 g/mol. The van der Waals surface area contributed by atoms with Gasteiger partial charge in [0.2, 0.25) is 0 Å². The number of benzene rings is 2. The van der Waals surface area contributed by atoms with E-state index in [2.05, 4.69) is 10.3 Å². The number of carbonyl (C=O) groups is 1. The third kappa shape index (κ3) is 4.32. The average Bonchev–Trinajstić information content (AvgIpc) is 3.09. The molecule has 1 heterocycles. The van der Waals surface area contributed by atoms with Gasteiger partial charge in [0.1, 0.15) is 0 Å². The molecule has 1 aromatic heterocycles. The number of halogens is 2. The highest BCUT2D eigenvalue weighted by Gasteiger charge is 2.17. The van der Waals surface area contributed by atoms with Crippen LogP contribution in [0.2, 0.25) is 5.02 Å². The number of amides is 1. The lowest BCUT2D eigenvalue weighted by Crippen LogP contribution is -2.12. The lowest BCUT2D eigenvalue weighted by molar-refractivity contribution is 0.102. The van der Waals surface area contributed by atoms with Gasteiger partial charge in [0, 0.05) is 22.8 Å². The summed E-state index contributed by atoms with van der Waals surface area (Å²) in [5, 5.41) is 4.59. The van der Waals surface area contributed by atoms with Gasteiger partial charge in [-0.2, -0.15) is 0 Å². The Balaban J connectivity index is 1.82. The molecule has 0 saturated carbocycles. The molecule has 28 heavy (non-hydrogen) atoms. The second kappa shape index (κ2) is 7.86. The Morgan fingerprint density at radius 2 is 2.00 bits per heavy atom. The number of hydrogen-bond donors (Lipinski definition) is 1. The lowest BCUT2D eigenvalue weighted by atomic mass is 10.1. The normalized spacial score (nSPS) is 11.3. The lowest BCUT2D eigenvalue weighted by Gasteiger charge is -2.06. The predicted molar refractivity (Wildman–Crippen MR) is 107 cm³/mol. The molecule has 146 valence electrons. The quantitative estimate of drug-likeness (QED) is 0.640. The maximum atomic E-state index is 13.9. The van der Waals surface area contributed by atoms with Gasteiger partial charge < -0.3 is 4.74 Å². The molecule has 6 nitrogen and oxygen atoms in total. The molecule has 3 aromatic rings. The van der Waals surface area contributed by atoms with Crippen molar-refractivity contribution >= 4 is 43.8 Å². The Labute approximate surface area is 169 Å². The smallest absolute Gasteiger partial charge is 0.257 e.